The van der Waals surface area contributed by atoms with E-state index in [2.05, 4.69) is 83.1 Å². The highest BCUT2D eigenvalue weighted by atomic mass is 16.4. The number of aryl methyl sites for hydroxylation is 2. The lowest BCUT2D eigenvalue weighted by Crippen LogP contribution is -2.35. The zero-order valence-corrected chi connectivity index (χ0v) is 23.6. The smallest absolute Gasteiger partial charge is 0.335 e. The topological polar surface area (TPSA) is 60.8 Å². The Hall–Kier alpha value is -3.37. The Morgan fingerprint density at radius 3 is 2.16 bits per heavy atom. The number of aliphatic hydroxyl groups is 1. The van der Waals surface area contributed by atoms with Gasteiger partial charge < -0.3 is 15.1 Å². The Balaban J connectivity index is 1.67. The highest BCUT2D eigenvalue weighted by Crippen LogP contribution is 2.48. The second kappa shape index (κ2) is 10.8. The Morgan fingerprint density at radius 2 is 1.55 bits per heavy atom. The van der Waals surface area contributed by atoms with Crippen LogP contribution >= 0.6 is 0 Å². The van der Waals surface area contributed by atoms with Gasteiger partial charge in [0.05, 0.1) is 11.7 Å². The van der Waals surface area contributed by atoms with E-state index in [0.29, 0.717) is 0 Å². The van der Waals surface area contributed by atoms with Gasteiger partial charge in [-0.05, 0) is 94.2 Å². The first-order valence-corrected chi connectivity index (χ1v) is 13.5. The van der Waals surface area contributed by atoms with Crippen molar-refractivity contribution in [3.8, 4) is 0 Å². The molecule has 200 valence electrons. The van der Waals surface area contributed by atoms with Crippen LogP contribution in [0.5, 0.6) is 0 Å². The quantitative estimate of drug-likeness (QED) is 0.332. The van der Waals surface area contributed by atoms with Crippen molar-refractivity contribution in [2.24, 2.45) is 0 Å². The van der Waals surface area contributed by atoms with Gasteiger partial charge in [-0.1, -0.05) is 76.2 Å². The van der Waals surface area contributed by atoms with Gasteiger partial charge in [-0.2, -0.15) is 0 Å². The second-order valence-electron chi connectivity index (χ2n) is 12.2. The molecule has 0 fully saturated rings. The monoisotopic (exact) mass is 511 g/mol. The van der Waals surface area contributed by atoms with Crippen LogP contribution in [0.2, 0.25) is 0 Å². The lowest BCUT2D eigenvalue weighted by molar-refractivity contribution is 0.0697. The molecule has 0 amide bonds. The molecule has 1 aliphatic rings. The van der Waals surface area contributed by atoms with Gasteiger partial charge in [-0.25, -0.2) is 4.79 Å². The third-order valence-electron chi connectivity index (χ3n) is 8.13. The lowest BCUT2D eigenvalue weighted by Gasteiger charge is -2.43. The molecule has 0 saturated heterocycles. The normalized spacial score (nSPS) is 16.7. The highest BCUT2D eigenvalue weighted by Gasteiger charge is 2.39. The zero-order chi connectivity index (χ0) is 27.7. The molecular formula is C34H41NO3. The number of nitrogens with zero attached hydrogens (tertiary/aromatic N) is 1. The molecule has 1 aliphatic carbocycles. The van der Waals surface area contributed by atoms with Crippen molar-refractivity contribution in [1.29, 1.82) is 0 Å². The molecule has 0 saturated carbocycles. The molecule has 4 nitrogen and oxygen atoms in total. The van der Waals surface area contributed by atoms with Crippen LogP contribution in [0.4, 0.5) is 5.69 Å². The molecule has 0 bridgehead atoms. The number of hydrogen-bond acceptors (Lipinski definition) is 3. The van der Waals surface area contributed by atoms with Crippen LogP contribution in [0, 0.1) is 0 Å². The van der Waals surface area contributed by atoms with Crippen LogP contribution in [-0.4, -0.2) is 30.3 Å². The van der Waals surface area contributed by atoms with Crippen molar-refractivity contribution in [3.05, 3.63) is 106 Å². The number of aliphatic hydroxyl groups excluding tert-OH is 1. The molecular weight excluding hydrogens is 470 g/mol. The molecule has 0 radical (unpaired) electrons. The van der Waals surface area contributed by atoms with E-state index >= 15 is 0 Å². The van der Waals surface area contributed by atoms with Gasteiger partial charge in [0, 0.05) is 19.8 Å². The molecule has 3 aromatic carbocycles. The zero-order valence-electron chi connectivity index (χ0n) is 23.6. The first-order chi connectivity index (χ1) is 17.9. The van der Waals surface area contributed by atoms with Gasteiger partial charge in [0.25, 0.3) is 0 Å². The first-order valence-electron chi connectivity index (χ1n) is 13.5. The summed E-state index contributed by atoms with van der Waals surface area (Å²) < 4.78 is 0. The maximum atomic E-state index is 11.2. The highest BCUT2D eigenvalue weighted by molar-refractivity contribution is 5.87. The molecule has 38 heavy (non-hydrogen) atoms. The van der Waals surface area contributed by atoms with Crippen molar-refractivity contribution in [1.82, 2.24) is 0 Å². The van der Waals surface area contributed by atoms with Crippen molar-refractivity contribution in [2.75, 3.05) is 19.0 Å². The summed E-state index contributed by atoms with van der Waals surface area (Å²) in [5.74, 6) is -0.943. The number of carbonyl (C=O) groups is 1. The van der Waals surface area contributed by atoms with Crippen LogP contribution in [0.25, 0.3) is 6.08 Å². The fraction of sp³-hybridized carbons (Fsp3) is 0.382. The van der Waals surface area contributed by atoms with Crippen molar-refractivity contribution >= 4 is 17.7 Å². The predicted molar refractivity (Wildman–Crippen MR) is 157 cm³/mol. The van der Waals surface area contributed by atoms with Crippen LogP contribution in [-0.2, 0) is 23.7 Å². The fourth-order valence-electron chi connectivity index (χ4n) is 5.60. The maximum absolute atomic E-state index is 11.2. The van der Waals surface area contributed by atoms with E-state index < -0.39 is 12.1 Å². The molecule has 0 spiro atoms. The number of carboxylic acids is 1. The summed E-state index contributed by atoms with van der Waals surface area (Å²) in [6.07, 6.45) is 7.03. The van der Waals surface area contributed by atoms with Gasteiger partial charge >= 0.3 is 5.97 Å². The van der Waals surface area contributed by atoms with Crippen LogP contribution in [0.3, 0.4) is 0 Å². The van der Waals surface area contributed by atoms with E-state index in [-0.39, 0.29) is 16.4 Å². The summed E-state index contributed by atoms with van der Waals surface area (Å²) in [7, 11) is 4.11. The molecule has 0 aliphatic heterocycles. The average molecular weight is 512 g/mol. The number of hydrogen-bond donors (Lipinski definition) is 2. The average Bonchev–Trinajstić information content (AvgIpc) is 2.88. The summed E-state index contributed by atoms with van der Waals surface area (Å²) in [6.45, 7) is 9.35. The van der Waals surface area contributed by atoms with E-state index in [1.807, 2.05) is 6.08 Å². The number of fused-ring (bicyclic) bond motifs is 1. The summed E-state index contributed by atoms with van der Waals surface area (Å²) >= 11 is 0. The Bertz CT molecular complexity index is 1320. The van der Waals surface area contributed by atoms with E-state index in [1.54, 1.807) is 30.3 Å². The minimum Gasteiger partial charge on any atom is -0.478 e. The Labute approximate surface area is 227 Å². The van der Waals surface area contributed by atoms with Gasteiger partial charge in [-0.15, -0.1) is 0 Å². The van der Waals surface area contributed by atoms with Gasteiger partial charge in [0.2, 0.25) is 0 Å². The SMILES string of the molecule is CN(C)c1ccc(CCc2cc(C(O)C=Cc3ccc(C(=O)O)cc3)cc3c2C(C)(C)CCC3(C)C)cc1. The fourth-order valence-corrected chi connectivity index (χ4v) is 5.60. The summed E-state index contributed by atoms with van der Waals surface area (Å²) in [4.78, 5) is 13.3. The minimum atomic E-state index is -0.943. The summed E-state index contributed by atoms with van der Waals surface area (Å²) in [5, 5.41) is 20.4. The molecule has 0 aromatic heterocycles. The number of benzene rings is 3. The molecule has 2 N–H and O–H groups in total. The third kappa shape index (κ3) is 6.02. The third-order valence-corrected chi connectivity index (χ3v) is 8.13. The first kappa shape index (κ1) is 27.7. The van der Waals surface area contributed by atoms with Crippen LogP contribution in [0.15, 0.2) is 66.7 Å². The standard InChI is InChI=1S/C34H41NO3/c1-33(2)19-20-34(3,4)31-26(15-9-24-10-16-28(17-11-24)35(5)6)21-27(22-29(31)33)30(36)18-12-23-7-13-25(14-8-23)32(37)38/h7-8,10-14,16-18,21-22,30,36H,9,15,19-20H2,1-6H3,(H,37,38). The molecule has 3 aromatic rings. The summed E-state index contributed by atoms with van der Waals surface area (Å²) in [5.41, 5.74) is 8.77. The van der Waals surface area contributed by atoms with E-state index in [0.717, 1.165) is 36.8 Å². The van der Waals surface area contributed by atoms with Crippen molar-refractivity contribution in [2.45, 2.75) is 70.3 Å². The largest absolute Gasteiger partial charge is 0.478 e. The molecule has 0 heterocycles. The Kier molecular flexibility index (Phi) is 7.85. The molecule has 1 unspecified atom stereocenters. The predicted octanol–water partition coefficient (Wildman–Crippen LogP) is 7.33. The van der Waals surface area contributed by atoms with Crippen LogP contribution in [0.1, 0.15) is 90.4 Å². The van der Waals surface area contributed by atoms with Crippen molar-refractivity contribution in [3.63, 3.8) is 0 Å². The molecule has 4 rings (SSSR count). The van der Waals surface area contributed by atoms with E-state index in [9.17, 15) is 9.90 Å². The number of anilines is 1. The van der Waals surface area contributed by atoms with Gasteiger partial charge in [0.1, 0.15) is 0 Å². The van der Waals surface area contributed by atoms with E-state index in [1.165, 1.54) is 27.9 Å². The number of aromatic carboxylic acids is 1. The molecule has 1 atom stereocenters. The number of carboxylic acid groups (broad SMARTS) is 1. The minimum absolute atomic E-state index is 0.0407. The van der Waals surface area contributed by atoms with E-state index in [4.69, 9.17) is 5.11 Å². The number of rotatable bonds is 8. The maximum Gasteiger partial charge on any atom is 0.335 e. The second-order valence-corrected chi connectivity index (χ2v) is 12.2. The van der Waals surface area contributed by atoms with Crippen LogP contribution < -0.4 is 4.90 Å². The Morgan fingerprint density at radius 1 is 0.921 bits per heavy atom. The molecule has 4 heteroatoms. The van der Waals surface area contributed by atoms with Gasteiger partial charge in [0.15, 0.2) is 0 Å². The van der Waals surface area contributed by atoms with Crippen molar-refractivity contribution < 1.29 is 15.0 Å². The summed E-state index contributed by atoms with van der Waals surface area (Å²) in [6, 6.07) is 19.9. The lowest BCUT2D eigenvalue weighted by atomic mass is 9.61. The van der Waals surface area contributed by atoms with Gasteiger partial charge in [-0.3, -0.25) is 0 Å².